The molecule has 2 rings (SSSR count). The average Bonchev–Trinajstić information content (AvgIpc) is 2.85. The van der Waals surface area contributed by atoms with Gasteiger partial charge in [0.1, 0.15) is 23.4 Å². The molecule has 0 fully saturated rings. The molecule has 0 radical (unpaired) electrons. The van der Waals surface area contributed by atoms with E-state index in [4.69, 9.17) is 15.3 Å². The van der Waals surface area contributed by atoms with Crippen LogP contribution in [-0.4, -0.2) is 43.2 Å². The molecular weight excluding hydrogens is 571 g/mol. The Labute approximate surface area is 214 Å². The predicted octanol–water partition coefficient (Wildman–Crippen LogP) is 4.82. The second-order valence-electron chi connectivity index (χ2n) is 6.62. The highest BCUT2D eigenvalue weighted by Gasteiger charge is 2.28. The smallest absolute Gasteiger partial charge is 0.346 e. The third-order valence-corrected chi connectivity index (χ3v) is 5.48. The van der Waals surface area contributed by atoms with Crippen LogP contribution in [0.3, 0.4) is 0 Å². The monoisotopic (exact) mass is 590 g/mol. The maximum absolute atomic E-state index is 12.5. The van der Waals surface area contributed by atoms with E-state index in [1.807, 2.05) is 26.0 Å². The molecule has 0 bridgehead atoms. The second-order valence-corrected chi connectivity index (χ2v) is 7.78. The molecule has 0 amide bonds. The van der Waals surface area contributed by atoms with Crippen LogP contribution < -0.4 is 4.90 Å². The summed E-state index contributed by atoms with van der Waals surface area (Å²) in [5.74, 6) is -2.21. The van der Waals surface area contributed by atoms with Gasteiger partial charge in [0.05, 0.1) is 16.2 Å². The molecule has 0 saturated carbocycles. The summed E-state index contributed by atoms with van der Waals surface area (Å²) in [5, 5.41) is 37.0. The first kappa shape index (κ1) is 27.1. The number of hydrogen-bond acceptors (Lipinski definition) is 11. The fourth-order valence-electron chi connectivity index (χ4n) is 2.96. The molecular formula is C22H19IN6O6. The van der Waals surface area contributed by atoms with Crippen LogP contribution in [0.25, 0.3) is 0 Å². The van der Waals surface area contributed by atoms with Crippen molar-refractivity contribution in [2.24, 2.45) is 10.2 Å². The van der Waals surface area contributed by atoms with E-state index in [1.54, 1.807) is 18.2 Å². The summed E-state index contributed by atoms with van der Waals surface area (Å²) in [6.07, 6.45) is 0. The molecule has 35 heavy (non-hydrogen) atoms. The summed E-state index contributed by atoms with van der Waals surface area (Å²) < 4.78 is 10.2. The van der Waals surface area contributed by atoms with Crippen LogP contribution >= 0.6 is 22.6 Å². The average molecular weight is 590 g/mol. The summed E-state index contributed by atoms with van der Waals surface area (Å²) in [5.41, 5.74) is -0.438. The van der Waals surface area contributed by atoms with E-state index in [-0.39, 0.29) is 11.3 Å². The van der Waals surface area contributed by atoms with E-state index >= 15 is 0 Å². The molecule has 0 N–H and O–H groups in total. The molecule has 12 nitrogen and oxygen atoms in total. The van der Waals surface area contributed by atoms with Crippen molar-refractivity contribution in [2.45, 2.75) is 13.8 Å². The number of esters is 2. The maximum atomic E-state index is 12.5. The predicted molar refractivity (Wildman–Crippen MR) is 132 cm³/mol. The number of ether oxygens (including phenoxy) is 2. The molecule has 13 heteroatoms. The first-order valence-corrected chi connectivity index (χ1v) is 11.2. The summed E-state index contributed by atoms with van der Waals surface area (Å²) in [4.78, 5) is 37.5. The van der Waals surface area contributed by atoms with Gasteiger partial charge in [0.25, 0.3) is 5.69 Å². The van der Waals surface area contributed by atoms with Gasteiger partial charge in [0, 0.05) is 28.4 Å². The van der Waals surface area contributed by atoms with Gasteiger partial charge in [-0.25, -0.2) is 9.59 Å². The van der Waals surface area contributed by atoms with E-state index in [9.17, 15) is 19.7 Å². The fourth-order valence-corrected chi connectivity index (χ4v) is 3.57. The minimum absolute atomic E-state index is 0.217. The molecule has 0 aliphatic rings. The highest BCUT2D eigenvalue weighted by Crippen LogP contribution is 2.33. The van der Waals surface area contributed by atoms with Gasteiger partial charge < -0.3 is 14.4 Å². The highest BCUT2D eigenvalue weighted by atomic mass is 127. The lowest BCUT2D eigenvalue weighted by Crippen LogP contribution is -2.21. The van der Waals surface area contributed by atoms with Crippen molar-refractivity contribution in [1.82, 2.24) is 0 Å². The molecule has 0 atom stereocenters. The topological polar surface area (TPSA) is 171 Å². The minimum Gasteiger partial charge on any atom is -0.447 e. The van der Waals surface area contributed by atoms with Crippen LogP contribution in [0.4, 0.5) is 22.7 Å². The Morgan fingerprint density at radius 2 is 1.57 bits per heavy atom. The van der Waals surface area contributed by atoms with Crippen LogP contribution in [-0.2, 0) is 9.47 Å². The molecule has 2 aromatic rings. The Bertz CT molecular complexity index is 1250. The lowest BCUT2D eigenvalue weighted by Gasteiger charge is -2.21. The van der Waals surface area contributed by atoms with Gasteiger partial charge in [-0.1, -0.05) is 0 Å². The van der Waals surface area contributed by atoms with Crippen LogP contribution in [0, 0.1) is 36.3 Å². The zero-order valence-corrected chi connectivity index (χ0v) is 20.9. The SMILES string of the molecule is CCN(CC)c1ccc(N=Nc2cc(C(=O)OCC#N)c([N+](=O)[O-])cc2C(=O)OCC#N)c(I)c1. The summed E-state index contributed by atoms with van der Waals surface area (Å²) in [6, 6.07) is 10.5. The summed E-state index contributed by atoms with van der Waals surface area (Å²) in [6.45, 7) is 4.47. The molecule has 0 heterocycles. The number of nitro benzene ring substituents is 1. The number of rotatable bonds is 10. The minimum atomic E-state index is -1.15. The van der Waals surface area contributed by atoms with Gasteiger partial charge in [-0.3, -0.25) is 10.1 Å². The molecule has 2 aromatic carbocycles. The molecule has 0 aromatic heterocycles. The quantitative estimate of drug-likeness (QED) is 0.124. The largest absolute Gasteiger partial charge is 0.447 e. The molecule has 0 aliphatic carbocycles. The maximum Gasteiger partial charge on any atom is 0.346 e. The van der Waals surface area contributed by atoms with Gasteiger partial charge in [-0.15, -0.1) is 10.2 Å². The van der Waals surface area contributed by atoms with Crippen molar-refractivity contribution >= 4 is 57.3 Å². The van der Waals surface area contributed by atoms with Crippen LogP contribution in [0.2, 0.25) is 0 Å². The number of nitriles is 2. The van der Waals surface area contributed by atoms with Crippen molar-refractivity contribution in [3.8, 4) is 12.1 Å². The van der Waals surface area contributed by atoms with Crippen LogP contribution in [0.5, 0.6) is 0 Å². The molecule has 180 valence electrons. The molecule has 0 spiro atoms. The van der Waals surface area contributed by atoms with Gasteiger partial charge >= 0.3 is 11.9 Å². The van der Waals surface area contributed by atoms with E-state index in [0.29, 0.717) is 5.69 Å². The number of anilines is 1. The molecule has 0 saturated heterocycles. The number of nitro groups is 1. The number of carbonyl (C=O) groups excluding carboxylic acids is 2. The number of benzene rings is 2. The Kier molecular flexibility index (Phi) is 10.0. The zero-order chi connectivity index (χ0) is 26.0. The number of azo groups is 1. The Morgan fingerprint density at radius 3 is 2.09 bits per heavy atom. The van der Waals surface area contributed by atoms with Crippen LogP contribution in [0.15, 0.2) is 40.6 Å². The fraction of sp³-hybridized carbons (Fsp3) is 0.273. The first-order chi connectivity index (χ1) is 16.8. The van der Waals surface area contributed by atoms with Crippen LogP contribution in [0.1, 0.15) is 34.6 Å². The van der Waals surface area contributed by atoms with Gasteiger partial charge in [-0.2, -0.15) is 10.5 Å². The third-order valence-electron chi connectivity index (χ3n) is 4.61. The van der Waals surface area contributed by atoms with Crippen molar-refractivity contribution in [3.05, 3.63) is 55.1 Å². The lowest BCUT2D eigenvalue weighted by molar-refractivity contribution is -0.385. The second kappa shape index (κ2) is 13.0. The van der Waals surface area contributed by atoms with Crippen molar-refractivity contribution in [3.63, 3.8) is 0 Å². The Balaban J connectivity index is 2.59. The van der Waals surface area contributed by atoms with E-state index < -0.39 is 41.3 Å². The normalized spacial score (nSPS) is 10.3. The third kappa shape index (κ3) is 6.94. The summed E-state index contributed by atoms with van der Waals surface area (Å²) in [7, 11) is 0. The van der Waals surface area contributed by atoms with Crippen molar-refractivity contribution < 1.29 is 24.0 Å². The molecule has 0 unspecified atom stereocenters. The van der Waals surface area contributed by atoms with Gasteiger partial charge in [-0.05, 0) is 60.7 Å². The lowest BCUT2D eigenvalue weighted by atomic mass is 10.1. The number of nitrogens with zero attached hydrogens (tertiary/aromatic N) is 6. The number of hydrogen-bond donors (Lipinski definition) is 0. The van der Waals surface area contributed by atoms with E-state index in [2.05, 4.69) is 42.5 Å². The summed E-state index contributed by atoms with van der Waals surface area (Å²) >= 11 is 2.08. The van der Waals surface area contributed by atoms with E-state index in [1.165, 1.54) is 0 Å². The Morgan fingerprint density at radius 1 is 1.00 bits per heavy atom. The first-order valence-electron chi connectivity index (χ1n) is 10.1. The van der Waals surface area contributed by atoms with E-state index in [0.717, 1.165) is 34.5 Å². The highest BCUT2D eigenvalue weighted by molar-refractivity contribution is 14.1. The van der Waals surface area contributed by atoms with Crippen molar-refractivity contribution in [2.75, 3.05) is 31.2 Å². The Hall–Kier alpha value is -4.11. The standard InChI is InChI=1S/C22H19IN6O6/c1-3-28(4-2)14-5-6-18(17(23)11-14)26-27-19-12-16(22(31)35-10-8-25)20(29(32)33)13-15(19)21(30)34-9-7-24/h5-6,11-13H,3-4,9-10H2,1-2H3. The van der Waals surface area contributed by atoms with Gasteiger partial charge in [0.2, 0.25) is 0 Å². The van der Waals surface area contributed by atoms with Gasteiger partial charge in [0.15, 0.2) is 13.2 Å². The molecule has 0 aliphatic heterocycles. The number of halogens is 1. The van der Waals surface area contributed by atoms with Crippen molar-refractivity contribution in [1.29, 1.82) is 10.5 Å². The number of carbonyl (C=O) groups is 2. The zero-order valence-electron chi connectivity index (χ0n) is 18.7.